The number of carbonyl (C=O) groups excluding carboxylic acids is 1. The molecule has 0 bridgehead atoms. The van der Waals surface area contributed by atoms with E-state index in [1.165, 1.54) is 18.0 Å². The summed E-state index contributed by atoms with van der Waals surface area (Å²) < 4.78 is 4.80. The van der Waals surface area contributed by atoms with E-state index in [0.717, 1.165) is 0 Å². The van der Waals surface area contributed by atoms with E-state index in [1.807, 2.05) is 0 Å². The molecule has 1 aromatic rings. The minimum atomic E-state index is -0.391. The molecule has 0 aliphatic carbocycles. The van der Waals surface area contributed by atoms with E-state index in [1.54, 1.807) is 13.1 Å². The monoisotopic (exact) mass is 239 g/mol. The average molecular weight is 239 g/mol. The topological polar surface area (TPSA) is 78.1 Å². The van der Waals surface area contributed by atoms with Crippen molar-refractivity contribution in [3.05, 3.63) is 24.5 Å². The fourth-order valence-corrected chi connectivity index (χ4v) is 1.66. The summed E-state index contributed by atoms with van der Waals surface area (Å²) in [6.07, 6.45) is 3.06. The van der Waals surface area contributed by atoms with Crippen molar-refractivity contribution in [2.45, 2.75) is 11.9 Å². The second kappa shape index (κ2) is 6.12. The first-order chi connectivity index (χ1) is 7.65. The van der Waals surface area contributed by atoms with Crippen LogP contribution in [0.2, 0.25) is 0 Å². The predicted molar refractivity (Wildman–Crippen MR) is 62.9 cm³/mol. The van der Waals surface area contributed by atoms with Crippen LogP contribution < -0.4 is 5.73 Å². The first-order valence-corrected chi connectivity index (χ1v) is 5.68. The average Bonchev–Trinajstić information content (AvgIpc) is 2.28. The van der Waals surface area contributed by atoms with E-state index < -0.39 is 5.97 Å². The molecule has 0 saturated carbocycles. The molecule has 0 amide bonds. The van der Waals surface area contributed by atoms with Crippen LogP contribution in [0.15, 0.2) is 29.6 Å². The molecule has 0 spiro atoms. The van der Waals surface area contributed by atoms with E-state index in [4.69, 9.17) is 10.5 Å². The Balaban J connectivity index is 2.49. The molecule has 5 nitrogen and oxygen atoms in total. The standard InChI is InChI=1S/C10H13N3O2S/c1-3-15-10(14)7(2)6-16-9-8(11)12-4-5-13-9/h4-5H,2-3,6H2,1H3,(H2,11,12). The van der Waals surface area contributed by atoms with Gasteiger partial charge >= 0.3 is 5.97 Å². The minimum Gasteiger partial charge on any atom is -0.463 e. The van der Waals surface area contributed by atoms with Gasteiger partial charge in [-0.05, 0) is 6.92 Å². The Hall–Kier alpha value is -1.56. The number of thioether (sulfide) groups is 1. The van der Waals surface area contributed by atoms with Crippen molar-refractivity contribution >= 4 is 23.5 Å². The van der Waals surface area contributed by atoms with Crippen LogP contribution in [0.4, 0.5) is 5.82 Å². The fraction of sp³-hybridized carbons (Fsp3) is 0.300. The van der Waals surface area contributed by atoms with E-state index in [-0.39, 0.29) is 0 Å². The summed E-state index contributed by atoms with van der Waals surface area (Å²) in [6.45, 7) is 5.73. The van der Waals surface area contributed by atoms with Gasteiger partial charge in [-0.15, -0.1) is 0 Å². The normalized spacial score (nSPS) is 9.81. The van der Waals surface area contributed by atoms with Gasteiger partial charge < -0.3 is 10.5 Å². The van der Waals surface area contributed by atoms with Crippen LogP contribution in [0, 0.1) is 0 Å². The van der Waals surface area contributed by atoms with Crippen molar-refractivity contribution in [1.29, 1.82) is 0 Å². The van der Waals surface area contributed by atoms with Gasteiger partial charge in [-0.25, -0.2) is 14.8 Å². The Bertz CT molecular complexity index is 395. The Morgan fingerprint density at radius 2 is 2.25 bits per heavy atom. The number of hydrogen-bond donors (Lipinski definition) is 1. The van der Waals surface area contributed by atoms with Crippen molar-refractivity contribution in [3.8, 4) is 0 Å². The third kappa shape index (κ3) is 3.54. The molecule has 0 unspecified atom stereocenters. The molecular weight excluding hydrogens is 226 g/mol. The molecule has 0 radical (unpaired) electrons. The molecular formula is C10H13N3O2S. The van der Waals surface area contributed by atoms with Gasteiger partial charge in [0.25, 0.3) is 0 Å². The van der Waals surface area contributed by atoms with E-state index in [0.29, 0.717) is 28.8 Å². The summed E-state index contributed by atoms with van der Waals surface area (Å²) in [4.78, 5) is 19.2. The van der Waals surface area contributed by atoms with Crippen LogP contribution in [-0.2, 0) is 9.53 Å². The highest BCUT2D eigenvalue weighted by Crippen LogP contribution is 2.21. The van der Waals surface area contributed by atoms with E-state index in [9.17, 15) is 4.79 Å². The molecule has 0 atom stereocenters. The summed E-state index contributed by atoms with van der Waals surface area (Å²) in [7, 11) is 0. The number of esters is 1. The minimum absolute atomic E-state index is 0.343. The van der Waals surface area contributed by atoms with Crippen LogP contribution in [0.5, 0.6) is 0 Å². The highest BCUT2D eigenvalue weighted by Gasteiger charge is 2.10. The maximum atomic E-state index is 11.2. The lowest BCUT2D eigenvalue weighted by Crippen LogP contribution is -2.08. The highest BCUT2D eigenvalue weighted by atomic mass is 32.2. The van der Waals surface area contributed by atoms with E-state index in [2.05, 4.69) is 16.5 Å². The molecule has 0 aromatic carbocycles. The zero-order chi connectivity index (χ0) is 12.0. The molecule has 0 fully saturated rings. The van der Waals surface area contributed by atoms with Crippen molar-refractivity contribution in [1.82, 2.24) is 9.97 Å². The number of aromatic nitrogens is 2. The van der Waals surface area contributed by atoms with Gasteiger partial charge in [0.2, 0.25) is 0 Å². The molecule has 0 aliphatic heterocycles. The predicted octanol–water partition coefficient (Wildman–Crippen LogP) is 1.27. The number of anilines is 1. The lowest BCUT2D eigenvalue weighted by Gasteiger charge is -2.05. The summed E-state index contributed by atoms with van der Waals surface area (Å²) in [5.41, 5.74) is 5.99. The smallest absolute Gasteiger partial charge is 0.334 e. The van der Waals surface area contributed by atoms with Gasteiger partial charge in [0, 0.05) is 23.7 Å². The van der Waals surface area contributed by atoms with Crippen LogP contribution in [-0.4, -0.2) is 28.3 Å². The van der Waals surface area contributed by atoms with Gasteiger partial charge in [-0.3, -0.25) is 0 Å². The maximum absolute atomic E-state index is 11.2. The second-order valence-electron chi connectivity index (χ2n) is 2.86. The third-order valence-corrected chi connectivity index (χ3v) is 2.72. The quantitative estimate of drug-likeness (QED) is 0.473. The fourth-order valence-electron chi connectivity index (χ4n) is 0.895. The van der Waals surface area contributed by atoms with Gasteiger partial charge in [-0.2, -0.15) is 0 Å². The molecule has 2 N–H and O–H groups in total. The Kier molecular flexibility index (Phi) is 4.78. The number of rotatable bonds is 5. The van der Waals surface area contributed by atoms with E-state index >= 15 is 0 Å². The zero-order valence-corrected chi connectivity index (χ0v) is 9.79. The number of carbonyl (C=O) groups is 1. The van der Waals surface area contributed by atoms with Crippen LogP contribution in [0.3, 0.4) is 0 Å². The molecule has 0 aliphatic rings. The molecule has 86 valence electrons. The number of nitrogen functional groups attached to an aromatic ring is 1. The second-order valence-corrected chi connectivity index (χ2v) is 3.82. The molecule has 1 heterocycles. The third-order valence-electron chi connectivity index (χ3n) is 1.64. The largest absolute Gasteiger partial charge is 0.463 e. The summed E-state index contributed by atoms with van der Waals surface area (Å²) in [6, 6.07) is 0. The number of hydrogen-bond acceptors (Lipinski definition) is 6. The van der Waals surface area contributed by atoms with Crippen LogP contribution >= 0.6 is 11.8 Å². The molecule has 1 aromatic heterocycles. The number of nitrogens with two attached hydrogens (primary N) is 1. The van der Waals surface area contributed by atoms with Gasteiger partial charge in [-0.1, -0.05) is 18.3 Å². The van der Waals surface area contributed by atoms with Crippen molar-refractivity contribution in [3.63, 3.8) is 0 Å². The molecule has 16 heavy (non-hydrogen) atoms. The SMILES string of the molecule is C=C(CSc1nccnc1N)C(=O)OCC. The maximum Gasteiger partial charge on any atom is 0.334 e. The van der Waals surface area contributed by atoms with Gasteiger partial charge in [0.1, 0.15) is 5.03 Å². The number of nitrogens with zero attached hydrogens (tertiary/aromatic N) is 2. The summed E-state index contributed by atoms with van der Waals surface area (Å²) in [5.74, 6) is 0.350. The first kappa shape index (κ1) is 12.5. The van der Waals surface area contributed by atoms with Crippen molar-refractivity contribution in [2.24, 2.45) is 0 Å². The molecule has 1 rings (SSSR count). The van der Waals surface area contributed by atoms with Crippen molar-refractivity contribution < 1.29 is 9.53 Å². The number of ether oxygens (including phenoxy) is 1. The molecule has 6 heteroatoms. The summed E-state index contributed by atoms with van der Waals surface area (Å²) in [5, 5.41) is 0.591. The Labute approximate surface area is 98.1 Å². The van der Waals surface area contributed by atoms with Gasteiger partial charge in [0.15, 0.2) is 5.82 Å². The van der Waals surface area contributed by atoms with Crippen LogP contribution in [0.25, 0.3) is 0 Å². The van der Waals surface area contributed by atoms with Gasteiger partial charge in [0.05, 0.1) is 6.61 Å². The Morgan fingerprint density at radius 3 is 2.88 bits per heavy atom. The summed E-state index contributed by atoms with van der Waals surface area (Å²) >= 11 is 1.31. The lowest BCUT2D eigenvalue weighted by atomic mass is 10.4. The molecule has 0 saturated heterocycles. The van der Waals surface area contributed by atoms with Crippen molar-refractivity contribution in [2.75, 3.05) is 18.1 Å². The lowest BCUT2D eigenvalue weighted by molar-refractivity contribution is -0.138. The van der Waals surface area contributed by atoms with Crippen LogP contribution in [0.1, 0.15) is 6.92 Å². The first-order valence-electron chi connectivity index (χ1n) is 4.69. The Morgan fingerprint density at radius 1 is 1.56 bits per heavy atom. The zero-order valence-electron chi connectivity index (χ0n) is 8.97. The highest BCUT2D eigenvalue weighted by molar-refractivity contribution is 7.99.